The van der Waals surface area contributed by atoms with Crippen molar-refractivity contribution in [3.8, 4) is 0 Å². The Kier molecular flexibility index (Phi) is 6.09. The summed E-state index contributed by atoms with van der Waals surface area (Å²) in [6, 6.07) is 10.2. The van der Waals surface area contributed by atoms with Crippen molar-refractivity contribution in [2.24, 2.45) is 0 Å². The number of esters is 1. The molecule has 0 saturated heterocycles. The van der Waals surface area contributed by atoms with E-state index in [4.69, 9.17) is 0 Å². The number of nitro benzene ring substituents is 1. The van der Waals surface area contributed by atoms with Crippen LogP contribution >= 0.6 is 0 Å². The second-order valence-corrected chi connectivity index (χ2v) is 7.45. The highest BCUT2D eigenvalue weighted by atomic mass is 32.2. The van der Waals surface area contributed by atoms with Crippen LogP contribution in [0.15, 0.2) is 65.6 Å². The van der Waals surface area contributed by atoms with E-state index in [1.54, 1.807) is 12.1 Å². The summed E-state index contributed by atoms with van der Waals surface area (Å²) in [5, 5.41) is 10.8. The summed E-state index contributed by atoms with van der Waals surface area (Å²) >= 11 is 0. The average molecular weight is 390 g/mol. The summed E-state index contributed by atoms with van der Waals surface area (Å²) in [5.74, 6) is -0.801. The third-order valence-electron chi connectivity index (χ3n) is 3.84. The number of non-ortho nitro benzene ring substituents is 1. The molecule has 2 aromatic carbocycles. The first-order valence-electron chi connectivity index (χ1n) is 7.76. The maximum Gasteiger partial charge on any atom is 0.335 e. The van der Waals surface area contributed by atoms with Crippen LogP contribution in [0.1, 0.15) is 17.2 Å². The van der Waals surface area contributed by atoms with Gasteiger partial charge in [0.1, 0.15) is 0 Å². The van der Waals surface area contributed by atoms with Gasteiger partial charge < -0.3 is 4.74 Å². The molecule has 0 amide bonds. The number of nitrogens with one attached hydrogen (secondary N) is 1. The minimum Gasteiger partial charge on any atom is -0.466 e. The molecule has 0 bridgehead atoms. The molecule has 9 heteroatoms. The van der Waals surface area contributed by atoms with Gasteiger partial charge in [-0.05, 0) is 24.6 Å². The van der Waals surface area contributed by atoms with E-state index in [1.807, 2.05) is 6.92 Å². The fourth-order valence-corrected chi connectivity index (χ4v) is 3.54. The lowest BCUT2D eigenvalue weighted by molar-refractivity contribution is -0.384. The molecule has 142 valence electrons. The molecule has 0 aliphatic heterocycles. The van der Waals surface area contributed by atoms with Crippen molar-refractivity contribution in [2.45, 2.75) is 17.9 Å². The first-order chi connectivity index (χ1) is 12.7. The van der Waals surface area contributed by atoms with Crippen molar-refractivity contribution in [3.63, 3.8) is 0 Å². The van der Waals surface area contributed by atoms with E-state index in [9.17, 15) is 23.3 Å². The van der Waals surface area contributed by atoms with Crippen molar-refractivity contribution >= 4 is 21.7 Å². The van der Waals surface area contributed by atoms with Crippen LogP contribution in [0.5, 0.6) is 0 Å². The molecule has 2 rings (SSSR count). The summed E-state index contributed by atoms with van der Waals surface area (Å²) < 4.78 is 32.5. The molecular weight excluding hydrogens is 372 g/mol. The number of hydrogen-bond donors (Lipinski definition) is 1. The smallest absolute Gasteiger partial charge is 0.335 e. The Labute approximate surface area is 156 Å². The fraction of sp³-hybridized carbons (Fsp3) is 0.167. The highest BCUT2D eigenvalue weighted by Gasteiger charge is 2.28. The molecule has 8 nitrogen and oxygen atoms in total. The molecule has 0 radical (unpaired) electrons. The lowest BCUT2D eigenvalue weighted by atomic mass is 10.0. The van der Waals surface area contributed by atoms with E-state index in [-0.39, 0.29) is 16.2 Å². The molecule has 0 aliphatic carbocycles. The molecule has 0 spiro atoms. The third-order valence-corrected chi connectivity index (χ3v) is 5.28. The van der Waals surface area contributed by atoms with E-state index < -0.39 is 27.0 Å². The van der Waals surface area contributed by atoms with Gasteiger partial charge in [0.25, 0.3) is 5.69 Å². The normalized spacial score (nSPS) is 12.2. The predicted molar refractivity (Wildman–Crippen MR) is 98.5 cm³/mol. The minimum atomic E-state index is -3.99. The zero-order valence-electron chi connectivity index (χ0n) is 14.7. The topological polar surface area (TPSA) is 116 Å². The van der Waals surface area contributed by atoms with Crippen LogP contribution in [0.4, 0.5) is 5.69 Å². The maximum absolute atomic E-state index is 12.7. The number of carbonyl (C=O) groups excluding carboxylic acids is 1. The fourth-order valence-electron chi connectivity index (χ4n) is 2.32. The monoisotopic (exact) mass is 390 g/mol. The van der Waals surface area contributed by atoms with Crippen molar-refractivity contribution in [1.29, 1.82) is 0 Å². The predicted octanol–water partition coefficient (Wildman–Crippen LogP) is 2.65. The molecule has 0 saturated carbocycles. The van der Waals surface area contributed by atoms with Gasteiger partial charge in [0.05, 0.1) is 28.5 Å². The van der Waals surface area contributed by atoms with Crippen LogP contribution < -0.4 is 4.72 Å². The number of carbonyl (C=O) groups is 1. The number of sulfonamides is 1. The number of rotatable bonds is 7. The van der Waals surface area contributed by atoms with Crippen LogP contribution in [-0.2, 0) is 19.6 Å². The number of nitrogens with zero attached hydrogens (tertiary/aromatic N) is 1. The molecule has 27 heavy (non-hydrogen) atoms. The Morgan fingerprint density at radius 1 is 1.15 bits per heavy atom. The zero-order chi connectivity index (χ0) is 20.2. The van der Waals surface area contributed by atoms with Crippen LogP contribution in [-0.4, -0.2) is 26.4 Å². The van der Waals surface area contributed by atoms with Gasteiger partial charge in [0, 0.05) is 12.1 Å². The maximum atomic E-state index is 12.7. The first kappa shape index (κ1) is 20.3. The summed E-state index contributed by atoms with van der Waals surface area (Å²) in [6.07, 6.45) is 0. The quantitative estimate of drug-likeness (QED) is 0.336. The van der Waals surface area contributed by atoms with Crippen molar-refractivity contribution in [1.82, 2.24) is 4.72 Å². The lowest BCUT2D eigenvalue weighted by Gasteiger charge is -2.20. The van der Waals surface area contributed by atoms with Gasteiger partial charge in [-0.2, -0.15) is 4.72 Å². The second kappa shape index (κ2) is 8.11. The minimum absolute atomic E-state index is 0.0117. The van der Waals surface area contributed by atoms with Crippen molar-refractivity contribution in [2.75, 3.05) is 7.11 Å². The number of hydrogen-bond acceptors (Lipinski definition) is 6. The van der Waals surface area contributed by atoms with Gasteiger partial charge in [-0.3, -0.25) is 10.1 Å². The molecule has 1 atom stereocenters. The first-order valence-corrected chi connectivity index (χ1v) is 9.24. The molecule has 0 aromatic heterocycles. The van der Waals surface area contributed by atoms with Gasteiger partial charge in [-0.25, -0.2) is 13.2 Å². The van der Waals surface area contributed by atoms with E-state index in [0.29, 0.717) is 5.56 Å². The zero-order valence-corrected chi connectivity index (χ0v) is 15.5. The van der Waals surface area contributed by atoms with E-state index in [1.165, 1.54) is 36.4 Å². The molecule has 0 fully saturated rings. The summed E-state index contributed by atoms with van der Waals surface area (Å²) in [7, 11) is -2.84. The number of methoxy groups -OCH3 is 1. The van der Waals surface area contributed by atoms with Gasteiger partial charge >= 0.3 is 5.97 Å². The SMILES string of the molecule is C=C(C(=O)OC)[C@@H](NS(=O)(=O)c1ccc(C)cc1)c1ccc([N+](=O)[O-])cc1. The second-order valence-electron chi connectivity index (χ2n) is 5.73. The largest absolute Gasteiger partial charge is 0.466 e. The molecular formula is C18H18N2O6S. The van der Waals surface area contributed by atoms with Crippen molar-refractivity contribution < 1.29 is 22.9 Å². The average Bonchev–Trinajstić information content (AvgIpc) is 2.65. The Balaban J connectivity index is 2.43. The molecule has 1 N–H and O–H groups in total. The third kappa shape index (κ3) is 4.78. The Morgan fingerprint density at radius 2 is 1.70 bits per heavy atom. The standard InChI is InChI=1S/C18H18N2O6S/c1-12-4-10-16(11-5-12)27(24,25)19-17(13(2)18(21)26-3)14-6-8-15(9-7-14)20(22)23/h4-11,17,19H,2H2,1,3H3/t17-/m1/s1. The summed E-state index contributed by atoms with van der Waals surface area (Å²) in [5.41, 5.74) is 0.885. The van der Waals surface area contributed by atoms with Crippen LogP contribution in [0.25, 0.3) is 0 Å². The van der Waals surface area contributed by atoms with Crippen molar-refractivity contribution in [3.05, 3.63) is 81.9 Å². The number of nitro groups is 1. The molecule has 0 unspecified atom stereocenters. The van der Waals surface area contributed by atoms with Gasteiger partial charge in [-0.15, -0.1) is 0 Å². The molecule has 0 heterocycles. The van der Waals surface area contributed by atoms with E-state index in [2.05, 4.69) is 16.0 Å². The van der Waals surface area contributed by atoms with Crippen LogP contribution in [0.2, 0.25) is 0 Å². The van der Waals surface area contributed by atoms with E-state index >= 15 is 0 Å². The van der Waals surface area contributed by atoms with Crippen LogP contribution in [0, 0.1) is 17.0 Å². The molecule has 2 aromatic rings. The Hall–Kier alpha value is -3.04. The number of aryl methyl sites for hydroxylation is 1. The Bertz CT molecular complexity index is 966. The van der Waals surface area contributed by atoms with Gasteiger partial charge in [0.15, 0.2) is 0 Å². The highest BCUT2D eigenvalue weighted by molar-refractivity contribution is 7.89. The Morgan fingerprint density at radius 3 is 2.19 bits per heavy atom. The summed E-state index contributed by atoms with van der Waals surface area (Å²) in [6.45, 7) is 5.44. The van der Waals surface area contributed by atoms with E-state index in [0.717, 1.165) is 12.7 Å². The lowest BCUT2D eigenvalue weighted by Crippen LogP contribution is -2.32. The molecule has 0 aliphatic rings. The van der Waals surface area contributed by atoms with Gasteiger partial charge in [-0.1, -0.05) is 36.4 Å². The number of benzene rings is 2. The van der Waals surface area contributed by atoms with Crippen LogP contribution in [0.3, 0.4) is 0 Å². The number of ether oxygens (including phenoxy) is 1. The van der Waals surface area contributed by atoms with Gasteiger partial charge in [0.2, 0.25) is 10.0 Å². The summed E-state index contributed by atoms with van der Waals surface area (Å²) in [4.78, 5) is 22.2. The highest BCUT2D eigenvalue weighted by Crippen LogP contribution is 2.26.